The largest absolute Gasteiger partial charge is 0.481 e. The number of urea groups is 1. The van der Waals surface area contributed by atoms with Crippen LogP contribution in [-0.4, -0.2) is 53.9 Å². The zero-order valence-electron chi connectivity index (χ0n) is 13.8. The van der Waals surface area contributed by atoms with E-state index in [1.807, 2.05) is 30.3 Å². The van der Waals surface area contributed by atoms with Crippen LogP contribution in [0.3, 0.4) is 0 Å². The standard InChI is InChI=1S/C17H19F3N2O4/c18-17(19,20)12-9-22(8-11(12)15(23)24)16(25)21-13-6-7-26-14(13)10-4-2-1-3-5-10/h1-5,11-14H,6-9H2,(H,21,25)(H,23,24)/t11-,12-,13?,14?/m1/s1. The zero-order chi connectivity index (χ0) is 18.9. The van der Waals surface area contributed by atoms with E-state index < -0.39 is 43.1 Å². The van der Waals surface area contributed by atoms with Crippen LogP contribution in [0.5, 0.6) is 0 Å². The minimum Gasteiger partial charge on any atom is -0.481 e. The number of ether oxygens (including phenoxy) is 1. The van der Waals surface area contributed by atoms with Crippen LogP contribution in [0.25, 0.3) is 0 Å². The van der Waals surface area contributed by atoms with Gasteiger partial charge in [0, 0.05) is 19.7 Å². The normalized spacial score (nSPS) is 29.0. The summed E-state index contributed by atoms with van der Waals surface area (Å²) in [6.07, 6.45) is -4.51. The van der Waals surface area contributed by atoms with E-state index in [0.29, 0.717) is 13.0 Å². The van der Waals surface area contributed by atoms with Crippen molar-refractivity contribution in [2.75, 3.05) is 19.7 Å². The summed E-state index contributed by atoms with van der Waals surface area (Å²) < 4.78 is 44.8. The Morgan fingerprint density at radius 1 is 1.19 bits per heavy atom. The second-order valence-corrected chi connectivity index (χ2v) is 6.54. The molecule has 0 saturated carbocycles. The minimum absolute atomic E-state index is 0.377. The van der Waals surface area contributed by atoms with Crippen molar-refractivity contribution >= 4 is 12.0 Å². The molecule has 0 spiro atoms. The van der Waals surface area contributed by atoms with Crippen LogP contribution in [0.4, 0.5) is 18.0 Å². The number of likely N-dealkylation sites (tertiary alicyclic amines) is 1. The molecule has 2 fully saturated rings. The number of amides is 2. The number of carboxylic acids is 1. The lowest BCUT2D eigenvalue weighted by Gasteiger charge is -2.24. The molecule has 142 valence electrons. The fourth-order valence-electron chi connectivity index (χ4n) is 3.51. The molecule has 2 aliphatic heterocycles. The van der Waals surface area contributed by atoms with Gasteiger partial charge in [-0.05, 0) is 12.0 Å². The maximum absolute atomic E-state index is 13.1. The molecule has 3 rings (SSSR count). The first-order valence-electron chi connectivity index (χ1n) is 8.29. The molecule has 1 aromatic carbocycles. The Hall–Kier alpha value is -2.29. The molecule has 0 aromatic heterocycles. The van der Waals surface area contributed by atoms with E-state index >= 15 is 0 Å². The van der Waals surface area contributed by atoms with Crippen molar-refractivity contribution in [2.24, 2.45) is 11.8 Å². The number of aliphatic carboxylic acids is 1. The Balaban J connectivity index is 1.67. The molecule has 2 unspecified atom stereocenters. The first-order valence-corrected chi connectivity index (χ1v) is 8.29. The van der Waals surface area contributed by atoms with Crippen LogP contribution in [-0.2, 0) is 9.53 Å². The molecule has 26 heavy (non-hydrogen) atoms. The monoisotopic (exact) mass is 372 g/mol. The van der Waals surface area contributed by atoms with Crippen molar-refractivity contribution in [3.8, 4) is 0 Å². The third-order valence-electron chi connectivity index (χ3n) is 4.87. The third kappa shape index (κ3) is 3.77. The SMILES string of the molecule is O=C(O)[C@@H]1CN(C(=O)NC2CCOC2c2ccccc2)C[C@H]1C(F)(F)F. The lowest BCUT2D eigenvalue weighted by atomic mass is 9.96. The molecule has 6 nitrogen and oxygen atoms in total. The van der Waals surface area contributed by atoms with Crippen LogP contribution in [0.15, 0.2) is 30.3 Å². The van der Waals surface area contributed by atoms with Crippen molar-refractivity contribution in [3.63, 3.8) is 0 Å². The molecule has 0 aliphatic carbocycles. The van der Waals surface area contributed by atoms with Gasteiger partial charge in [0.1, 0.15) is 6.10 Å². The van der Waals surface area contributed by atoms with Crippen LogP contribution in [0.1, 0.15) is 18.1 Å². The van der Waals surface area contributed by atoms with Gasteiger partial charge in [0.15, 0.2) is 0 Å². The third-order valence-corrected chi connectivity index (χ3v) is 4.87. The van der Waals surface area contributed by atoms with Gasteiger partial charge in [-0.2, -0.15) is 13.2 Å². The van der Waals surface area contributed by atoms with Gasteiger partial charge in [-0.15, -0.1) is 0 Å². The average Bonchev–Trinajstić information content (AvgIpc) is 3.22. The fourth-order valence-corrected chi connectivity index (χ4v) is 3.51. The van der Waals surface area contributed by atoms with E-state index in [2.05, 4.69) is 5.32 Å². The molecule has 2 amide bonds. The van der Waals surface area contributed by atoms with Gasteiger partial charge >= 0.3 is 18.2 Å². The predicted octanol–water partition coefficient (Wildman–Crippen LogP) is 2.42. The molecule has 2 saturated heterocycles. The lowest BCUT2D eigenvalue weighted by molar-refractivity contribution is -0.187. The number of carboxylic acid groups (broad SMARTS) is 1. The average molecular weight is 372 g/mol. The maximum Gasteiger partial charge on any atom is 0.394 e. The molecule has 0 radical (unpaired) electrons. The fraction of sp³-hybridized carbons (Fsp3) is 0.529. The second kappa shape index (κ2) is 7.14. The molecule has 9 heteroatoms. The van der Waals surface area contributed by atoms with Gasteiger partial charge < -0.3 is 20.1 Å². The van der Waals surface area contributed by atoms with Crippen molar-refractivity contribution in [3.05, 3.63) is 35.9 Å². The summed E-state index contributed by atoms with van der Waals surface area (Å²) in [5, 5.41) is 11.7. The molecule has 2 heterocycles. The number of carbonyl (C=O) groups excluding carboxylic acids is 1. The summed E-state index contributed by atoms with van der Waals surface area (Å²) in [7, 11) is 0. The summed E-state index contributed by atoms with van der Waals surface area (Å²) in [4.78, 5) is 24.5. The first-order chi connectivity index (χ1) is 12.3. The van der Waals surface area contributed by atoms with E-state index in [-0.39, 0.29) is 12.1 Å². The minimum atomic E-state index is -4.67. The number of alkyl halides is 3. The predicted molar refractivity (Wildman–Crippen MR) is 84.3 cm³/mol. The molecular formula is C17H19F3N2O4. The highest BCUT2D eigenvalue weighted by Crippen LogP contribution is 2.38. The van der Waals surface area contributed by atoms with Crippen LogP contribution in [0, 0.1) is 11.8 Å². The van der Waals surface area contributed by atoms with E-state index in [1.54, 1.807) is 0 Å². The Labute approximate surface area is 147 Å². The number of rotatable bonds is 3. The molecule has 4 atom stereocenters. The Morgan fingerprint density at radius 3 is 2.46 bits per heavy atom. The van der Waals surface area contributed by atoms with Crippen molar-refractivity contribution in [1.29, 1.82) is 0 Å². The quantitative estimate of drug-likeness (QED) is 0.854. The molecule has 2 aliphatic rings. The highest BCUT2D eigenvalue weighted by molar-refractivity contribution is 5.78. The smallest absolute Gasteiger partial charge is 0.394 e. The van der Waals surface area contributed by atoms with E-state index in [9.17, 15) is 22.8 Å². The number of halogens is 3. The molecule has 1 aromatic rings. The topological polar surface area (TPSA) is 78.9 Å². The summed E-state index contributed by atoms with van der Waals surface area (Å²) in [6, 6.07) is 8.15. The molecular weight excluding hydrogens is 353 g/mol. The number of hydrogen-bond donors (Lipinski definition) is 2. The number of benzene rings is 1. The summed E-state index contributed by atoms with van der Waals surface area (Å²) in [6.45, 7) is -0.696. The summed E-state index contributed by atoms with van der Waals surface area (Å²) >= 11 is 0. The van der Waals surface area contributed by atoms with Crippen LogP contribution < -0.4 is 5.32 Å². The lowest BCUT2D eigenvalue weighted by Crippen LogP contribution is -2.45. The van der Waals surface area contributed by atoms with Gasteiger partial charge in [-0.3, -0.25) is 4.79 Å². The van der Waals surface area contributed by atoms with Crippen molar-refractivity contribution < 1.29 is 32.6 Å². The van der Waals surface area contributed by atoms with E-state index in [4.69, 9.17) is 9.84 Å². The summed E-state index contributed by atoms with van der Waals surface area (Å²) in [5.74, 6) is -5.25. The van der Waals surface area contributed by atoms with E-state index in [1.165, 1.54) is 0 Å². The van der Waals surface area contributed by atoms with Gasteiger partial charge in [0.25, 0.3) is 0 Å². The van der Waals surface area contributed by atoms with Crippen molar-refractivity contribution in [2.45, 2.75) is 24.7 Å². The van der Waals surface area contributed by atoms with Gasteiger partial charge in [-0.25, -0.2) is 4.79 Å². The number of carbonyl (C=O) groups is 2. The Bertz CT molecular complexity index is 668. The molecule has 0 bridgehead atoms. The Kier molecular flexibility index (Phi) is 5.08. The van der Waals surface area contributed by atoms with Crippen LogP contribution >= 0.6 is 0 Å². The van der Waals surface area contributed by atoms with Gasteiger partial charge in [-0.1, -0.05) is 30.3 Å². The highest BCUT2D eigenvalue weighted by Gasteiger charge is 2.53. The summed E-state index contributed by atoms with van der Waals surface area (Å²) in [5.41, 5.74) is 0.869. The number of nitrogens with one attached hydrogen (secondary N) is 1. The number of hydrogen-bond acceptors (Lipinski definition) is 3. The van der Waals surface area contributed by atoms with Gasteiger partial charge in [0.2, 0.25) is 0 Å². The van der Waals surface area contributed by atoms with Crippen LogP contribution in [0.2, 0.25) is 0 Å². The number of nitrogens with zero attached hydrogens (tertiary/aromatic N) is 1. The molecule has 2 N–H and O–H groups in total. The Morgan fingerprint density at radius 2 is 1.88 bits per heavy atom. The first kappa shape index (κ1) is 18.5. The maximum atomic E-state index is 13.1. The van der Waals surface area contributed by atoms with Crippen molar-refractivity contribution in [1.82, 2.24) is 10.2 Å². The van der Waals surface area contributed by atoms with Gasteiger partial charge in [0.05, 0.1) is 17.9 Å². The van der Waals surface area contributed by atoms with E-state index in [0.717, 1.165) is 10.5 Å². The zero-order valence-corrected chi connectivity index (χ0v) is 13.8. The second-order valence-electron chi connectivity index (χ2n) is 6.54. The highest BCUT2D eigenvalue weighted by atomic mass is 19.4.